The SMILES string of the molecule is CCCc1cc(Cl)ccc1C1COc2ccc(C(=O)OC(C)(C)C)cc2N(C)C1. The van der Waals surface area contributed by atoms with Crippen molar-refractivity contribution in [3.63, 3.8) is 0 Å². The van der Waals surface area contributed by atoms with Crippen molar-refractivity contribution in [2.45, 2.75) is 52.1 Å². The highest BCUT2D eigenvalue weighted by molar-refractivity contribution is 6.30. The molecule has 29 heavy (non-hydrogen) atoms. The number of carbonyl (C=O) groups is 1. The number of halogens is 1. The second-order valence-corrected chi connectivity index (χ2v) is 9.10. The van der Waals surface area contributed by atoms with Crippen molar-refractivity contribution in [3.8, 4) is 5.75 Å². The van der Waals surface area contributed by atoms with Gasteiger partial charge in [0.2, 0.25) is 0 Å². The van der Waals surface area contributed by atoms with E-state index in [1.165, 1.54) is 11.1 Å². The predicted octanol–water partition coefficient (Wildman–Crippen LogP) is 5.86. The predicted molar refractivity (Wildman–Crippen MR) is 119 cm³/mol. The highest BCUT2D eigenvalue weighted by atomic mass is 35.5. The molecule has 2 aromatic carbocycles. The Kier molecular flexibility index (Phi) is 6.42. The number of fused-ring (bicyclic) bond motifs is 1. The number of ether oxygens (including phenoxy) is 2. The summed E-state index contributed by atoms with van der Waals surface area (Å²) in [6.07, 6.45) is 2.06. The fourth-order valence-corrected chi connectivity index (χ4v) is 3.91. The van der Waals surface area contributed by atoms with Crippen LogP contribution in [-0.2, 0) is 11.2 Å². The highest BCUT2D eigenvalue weighted by Crippen LogP contribution is 2.36. The fraction of sp³-hybridized carbons (Fsp3) is 0.458. The number of aryl methyl sites for hydroxylation is 1. The molecule has 0 saturated heterocycles. The van der Waals surface area contributed by atoms with E-state index >= 15 is 0 Å². The van der Waals surface area contributed by atoms with Gasteiger partial charge in [-0.1, -0.05) is 31.0 Å². The van der Waals surface area contributed by atoms with E-state index in [2.05, 4.69) is 24.0 Å². The Hall–Kier alpha value is -2.20. The van der Waals surface area contributed by atoms with Gasteiger partial charge in [0.05, 0.1) is 17.9 Å². The summed E-state index contributed by atoms with van der Waals surface area (Å²) in [5, 5.41) is 0.769. The summed E-state index contributed by atoms with van der Waals surface area (Å²) in [6.45, 7) is 9.16. The van der Waals surface area contributed by atoms with Crippen LogP contribution in [-0.4, -0.2) is 31.8 Å². The van der Waals surface area contributed by atoms with Crippen LogP contribution in [0.25, 0.3) is 0 Å². The molecule has 0 N–H and O–H groups in total. The Labute approximate surface area is 178 Å². The maximum Gasteiger partial charge on any atom is 0.338 e. The van der Waals surface area contributed by atoms with E-state index in [9.17, 15) is 4.79 Å². The Bertz CT molecular complexity index is 888. The molecule has 0 amide bonds. The molecule has 3 rings (SSSR count). The lowest BCUT2D eigenvalue weighted by molar-refractivity contribution is 0.00695. The van der Waals surface area contributed by atoms with Gasteiger partial charge in [-0.2, -0.15) is 0 Å². The molecule has 0 spiro atoms. The second-order valence-electron chi connectivity index (χ2n) is 8.67. The van der Waals surface area contributed by atoms with E-state index in [0.717, 1.165) is 35.8 Å². The number of hydrogen-bond acceptors (Lipinski definition) is 4. The van der Waals surface area contributed by atoms with Crippen LogP contribution in [0.15, 0.2) is 36.4 Å². The van der Waals surface area contributed by atoms with Gasteiger partial charge in [0.25, 0.3) is 0 Å². The number of likely N-dealkylation sites (N-methyl/N-ethyl adjacent to an activating group) is 1. The lowest BCUT2D eigenvalue weighted by Crippen LogP contribution is -2.26. The molecule has 5 heteroatoms. The zero-order valence-electron chi connectivity index (χ0n) is 17.9. The number of esters is 1. The monoisotopic (exact) mass is 415 g/mol. The molecule has 1 atom stereocenters. The molecule has 2 aromatic rings. The van der Waals surface area contributed by atoms with Crippen LogP contribution in [0.4, 0.5) is 5.69 Å². The van der Waals surface area contributed by atoms with Crippen LogP contribution in [0.2, 0.25) is 5.02 Å². The van der Waals surface area contributed by atoms with Crippen molar-refractivity contribution in [2.24, 2.45) is 0 Å². The second kappa shape index (κ2) is 8.66. The van der Waals surface area contributed by atoms with E-state index in [0.29, 0.717) is 12.2 Å². The molecule has 0 radical (unpaired) electrons. The molecule has 156 valence electrons. The van der Waals surface area contributed by atoms with E-state index in [1.54, 1.807) is 6.07 Å². The fourth-order valence-electron chi connectivity index (χ4n) is 3.72. The van der Waals surface area contributed by atoms with Crippen molar-refractivity contribution in [1.29, 1.82) is 0 Å². The normalized spacial score (nSPS) is 16.6. The molecule has 1 unspecified atom stereocenters. The van der Waals surface area contributed by atoms with Crippen LogP contribution >= 0.6 is 11.6 Å². The lowest BCUT2D eigenvalue weighted by Gasteiger charge is -2.24. The number of anilines is 1. The van der Waals surface area contributed by atoms with Gasteiger partial charge < -0.3 is 14.4 Å². The van der Waals surface area contributed by atoms with Crippen LogP contribution < -0.4 is 9.64 Å². The first-order chi connectivity index (χ1) is 13.7. The first-order valence-corrected chi connectivity index (χ1v) is 10.6. The third-order valence-corrected chi connectivity index (χ3v) is 5.24. The minimum Gasteiger partial charge on any atom is -0.491 e. The molecule has 4 nitrogen and oxygen atoms in total. The summed E-state index contributed by atoms with van der Waals surface area (Å²) in [7, 11) is 2.04. The number of hydrogen-bond donors (Lipinski definition) is 0. The van der Waals surface area contributed by atoms with Gasteiger partial charge in [0, 0.05) is 24.5 Å². The number of benzene rings is 2. The third kappa shape index (κ3) is 5.24. The Morgan fingerprint density at radius 3 is 2.69 bits per heavy atom. The third-order valence-electron chi connectivity index (χ3n) is 5.00. The molecule has 1 heterocycles. The van der Waals surface area contributed by atoms with Gasteiger partial charge >= 0.3 is 5.97 Å². The largest absolute Gasteiger partial charge is 0.491 e. The first-order valence-electron chi connectivity index (χ1n) is 10.2. The molecule has 0 saturated carbocycles. The zero-order chi connectivity index (χ0) is 21.2. The molecule has 1 aliphatic rings. The summed E-state index contributed by atoms with van der Waals surface area (Å²) in [6, 6.07) is 11.6. The molecule has 1 aliphatic heterocycles. The maximum absolute atomic E-state index is 12.5. The number of nitrogens with zero attached hydrogens (tertiary/aromatic N) is 1. The standard InChI is InChI=1S/C24H30ClNO3/c1-6-7-16-12-19(25)9-10-20(16)18-14-26(5)21-13-17(8-11-22(21)28-15-18)23(27)29-24(2,3)4/h8-13,18H,6-7,14-15H2,1-5H3. The summed E-state index contributed by atoms with van der Waals surface area (Å²) < 4.78 is 11.7. The van der Waals surface area contributed by atoms with Gasteiger partial charge in [0.15, 0.2) is 0 Å². The molecule has 0 aromatic heterocycles. The summed E-state index contributed by atoms with van der Waals surface area (Å²) in [5.74, 6) is 0.682. The average molecular weight is 416 g/mol. The minimum atomic E-state index is -0.526. The van der Waals surface area contributed by atoms with E-state index in [4.69, 9.17) is 21.1 Å². The highest BCUT2D eigenvalue weighted by Gasteiger charge is 2.26. The molecule has 0 fully saturated rings. The van der Waals surface area contributed by atoms with Crippen LogP contribution in [0, 0.1) is 0 Å². The van der Waals surface area contributed by atoms with Gasteiger partial charge in [-0.05, 0) is 68.7 Å². The van der Waals surface area contributed by atoms with Gasteiger partial charge in [-0.3, -0.25) is 0 Å². The van der Waals surface area contributed by atoms with Crippen molar-refractivity contribution in [2.75, 3.05) is 25.1 Å². The topological polar surface area (TPSA) is 38.8 Å². The Balaban J connectivity index is 1.86. The van der Waals surface area contributed by atoms with Crippen LogP contribution in [0.3, 0.4) is 0 Å². The van der Waals surface area contributed by atoms with Crippen LogP contribution in [0.5, 0.6) is 5.75 Å². The summed E-state index contributed by atoms with van der Waals surface area (Å²) in [5.41, 5.74) is 3.47. The Morgan fingerprint density at radius 1 is 1.24 bits per heavy atom. The van der Waals surface area contributed by atoms with Crippen molar-refractivity contribution in [1.82, 2.24) is 0 Å². The zero-order valence-corrected chi connectivity index (χ0v) is 18.7. The maximum atomic E-state index is 12.5. The smallest absolute Gasteiger partial charge is 0.338 e. The van der Waals surface area contributed by atoms with Gasteiger partial charge in [-0.15, -0.1) is 0 Å². The summed E-state index contributed by atoms with van der Waals surface area (Å²) >= 11 is 6.23. The number of carbonyl (C=O) groups excluding carboxylic acids is 1. The van der Waals surface area contributed by atoms with E-state index < -0.39 is 5.60 Å². The van der Waals surface area contributed by atoms with Crippen LogP contribution in [0.1, 0.15) is 61.5 Å². The van der Waals surface area contributed by atoms with Crippen molar-refractivity contribution >= 4 is 23.3 Å². The quantitative estimate of drug-likeness (QED) is 0.586. The molecular formula is C24H30ClNO3. The van der Waals surface area contributed by atoms with Gasteiger partial charge in [0.1, 0.15) is 11.4 Å². The first kappa shape index (κ1) is 21.5. The van der Waals surface area contributed by atoms with E-state index in [1.807, 2.05) is 46.0 Å². The van der Waals surface area contributed by atoms with Crippen molar-refractivity contribution < 1.29 is 14.3 Å². The molecule has 0 bridgehead atoms. The molecule has 0 aliphatic carbocycles. The summed E-state index contributed by atoms with van der Waals surface area (Å²) in [4.78, 5) is 14.6. The van der Waals surface area contributed by atoms with Gasteiger partial charge in [-0.25, -0.2) is 4.79 Å². The average Bonchev–Trinajstić information content (AvgIpc) is 2.80. The minimum absolute atomic E-state index is 0.219. The van der Waals surface area contributed by atoms with E-state index in [-0.39, 0.29) is 11.9 Å². The molecular weight excluding hydrogens is 386 g/mol. The van der Waals surface area contributed by atoms with Crippen molar-refractivity contribution in [3.05, 3.63) is 58.1 Å². The Morgan fingerprint density at radius 2 is 2.00 bits per heavy atom. The lowest BCUT2D eigenvalue weighted by atomic mass is 9.92. The number of rotatable bonds is 4.